The summed E-state index contributed by atoms with van der Waals surface area (Å²) in [5.74, 6) is 0.106. The van der Waals surface area contributed by atoms with E-state index in [9.17, 15) is 4.79 Å². The molecule has 1 aromatic rings. The van der Waals surface area contributed by atoms with Crippen LogP contribution in [-0.2, 0) is 11.2 Å². The summed E-state index contributed by atoms with van der Waals surface area (Å²) in [6.45, 7) is 1.44. The fourth-order valence-corrected chi connectivity index (χ4v) is 1.19. The molecule has 4 nitrogen and oxygen atoms in total. The van der Waals surface area contributed by atoms with Gasteiger partial charge in [-0.3, -0.25) is 4.79 Å². The minimum atomic E-state index is 0.106. The molecular formula is C10H17N3O. The number of nitrogens with one attached hydrogen (secondary N) is 3. The van der Waals surface area contributed by atoms with E-state index in [2.05, 4.69) is 15.6 Å². The molecule has 1 amide bonds. The van der Waals surface area contributed by atoms with E-state index >= 15 is 0 Å². The minimum Gasteiger partial charge on any atom is -0.367 e. The molecule has 0 radical (unpaired) electrons. The smallest absolute Gasteiger partial charge is 0.221 e. The van der Waals surface area contributed by atoms with Crippen molar-refractivity contribution in [1.29, 1.82) is 0 Å². The van der Waals surface area contributed by atoms with Gasteiger partial charge in [0.25, 0.3) is 0 Å². The predicted molar refractivity (Wildman–Crippen MR) is 56.1 cm³/mol. The molecule has 1 aromatic heterocycles. The summed E-state index contributed by atoms with van der Waals surface area (Å²) in [5, 5.41) is 5.80. The molecule has 0 aromatic carbocycles. The number of H-pyrrole nitrogens is 1. The summed E-state index contributed by atoms with van der Waals surface area (Å²) in [5.41, 5.74) is 1.22. The highest BCUT2D eigenvalue weighted by molar-refractivity contribution is 5.76. The highest BCUT2D eigenvalue weighted by atomic mass is 16.1. The van der Waals surface area contributed by atoms with E-state index < -0.39 is 0 Å². The Kier molecular flexibility index (Phi) is 4.78. The Balaban J connectivity index is 2.06. The molecule has 78 valence electrons. The highest BCUT2D eigenvalue weighted by Crippen LogP contribution is 1.95. The van der Waals surface area contributed by atoms with E-state index in [4.69, 9.17) is 0 Å². The summed E-state index contributed by atoms with van der Waals surface area (Å²) in [7, 11) is 1.84. The summed E-state index contributed by atoms with van der Waals surface area (Å²) in [4.78, 5) is 14.2. The van der Waals surface area contributed by atoms with Crippen LogP contribution in [0.4, 0.5) is 0 Å². The second-order valence-corrected chi connectivity index (χ2v) is 3.17. The van der Waals surface area contributed by atoms with Gasteiger partial charge in [-0.15, -0.1) is 0 Å². The SMILES string of the molecule is CNCCC(=O)NCCc1cc[nH]c1. The Bertz CT molecular complexity index is 256. The number of aromatic amines is 1. The number of carbonyl (C=O) groups excluding carboxylic acids is 1. The minimum absolute atomic E-state index is 0.106. The Labute approximate surface area is 84.1 Å². The van der Waals surface area contributed by atoms with Crippen molar-refractivity contribution in [2.75, 3.05) is 20.1 Å². The summed E-state index contributed by atoms with van der Waals surface area (Å²) in [6, 6.07) is 2.01. The largest absolute Gasteiger partial charge is 0.367 e. The third-order valence-corrected chi connectivity index (χ3v) is 2.00. The number of hydrogen-bond donors (Lipinski definition) is 3. The number of aromatic nitrogens is 1. The van der Waals surface area contributed by atoms with Gasteiger partial charge in [0.1, 0.15) is 0 Å². The Morgan fingerprint density at radius 2 is 2.36 bits per heavy atom. The summed E-state index contributed by atoms with van der Waals surface area (Å²) in [6.07, 6.45) is 5.26. The standard InChI is InChI=1S/C10H17N3O/c1-11-5-4-10(14)13-7-3-9-2-6-12-8-9/h2,6,8,11-12H,3-5,7H2,1H3,(H,13,14). The van der Waals surface area contributed by atoms with Gasteiger partial charge < -0.3 is 15.6 Å². The molecular weight excluding hydrogens is 178 g/mol. The van der Waals surface area contributed by atoms with Crippen LogP contribution < -0.4 is 10.6 Å². The predicted octanol–water partition coefficient (Wildman–Crippen LogP) is 0.283. The molecule has 0 saturated heterocycles. The third-order valence-electron chi connectivity index (χ3n) is 2.00. The molecule has 14 heavy (non-hydrogen) atoms. The van der Waals surface area contributed by atoms with E-state index in [1.54, 1.807) is 0 Å². The van der Waals surface area contributed by atoms with Crippen molar-refractivity contribution in [2.24, 2.45) is 0 Å². The normalized spacial score (nSPS) is 10.1. The van der Waals surface area contributed by atoms with Crippen LogP contribution in [0.15, 0.2) is 18.5 Å². The van der Waals surface area contributed by atoms with Gasteiger partial charge in [0, 0.05) is 31.9 Å². The third kappa shape index (κ3) is 4.09. The first-order valence-corrected chi connectivity index (χ1v) is 4.86. The lowest BCUT2D eigenvalue weighted by Crippen LogP contribution is -2.28. The van der Waals surface area contributed by atoms with Crippen LogP contribution in [0.2, 0.25) is 0 Å². The molecule has 3 N–H and O–H groups in total. The molecule has 0 atom stereocenters. The molecule has 0 unspecified atom stereocenters. The molecule has 4 heteroatoms. The maximum atomic E-state index is 11.2. The second-order valence-electron chi connectivity index (χ2n) is 3.17. The van der Waals surface area contributed by atoms with E-state index in [1.165, 1.54) is 5.56 Å². The Morgan fingerprint density at radius 1 is 1.50 bits per heavy atom. The quantitative estimate of drug-likeness (QED) is 0.611. The van der Waals surface area contributed by atoms with Gasteiger partial charge in [0.15, 0.2) is 0 Å². The maximum absolute atomic E-state index is 11.2. The van der Waals surface area contributed by atoms with Gasteiger partial charge in [0.05, 0.1) is 0 Å². The van der Waals surface area contributed by atoms with Gasteiger partial charge in [-0.05, 0) is 25.1 Å². The molecule has 0 aliphatic heterocycles. The molecule has 0 spiro atoms. The first-order valence-electron chi connectivity index (χ1n) is 4.86. The Morgan fingerprint density at radius 3 is 3.00 bits per heavy atom. The van der Waals surface area contributed by atoms with Crippen LogP contribution in [0.25, 0.3) is 0 Å². The molecule has 0 saturated carbocycles. The fourth-order valence-electron chi connectivity index (χ4n) is 1.19. The Hall–Kier alpha value is -1.29. The van der Waals surface area contributed by atoms with Crippen molar-refractivity contribution in [3.05, 3.63) is 24.0 Å². The molecule has 1 heterocycles. The molecule has 0 fully saturated rings. The van der Waals surface area contributed by atoms with Gasteiger partial charge in [-0.2, -0.15) is 0 Å². The molecule has 0 aliphatic rings. The second kappa shape index (κ2) is 6.21. The van der Waals surface area contributed by atoms with E-state index in [-0.39, 0.29) is 5.91 Å². The van der Waals surface area contributed by atoms with Gasteiger partial charge in [-0.1, -0.05) is 0 Å². The van der Waals surface area contributed by atoms with Crippen LogP contribution in [0.3, 0.4) is 0 Å². The average Bonchev–Trinajstić information content (AvgIpc) is 2.67. The summed E-state index contributed by atoms with van der Waals surface area (Å²) < 4.78 is 0. The van der Waals surface area contributed by atoms with Crippen LogP contribution >= 0.6 is 0 Å². The van der Waals surface area contributed by atoms with Crippen LogP contribution in [0.5, 0.6) is 0 Å². The number of amides is 1. The zero-order chi connectivity index (χ0) is 10.2. The fraction of sp³-hybridized carbons (Fsp3) is 0.500. The van der Waals surface area contributed by atoms with Crippen molar-refractivity contribution in [3.8, 4) is 0 Å². The van der Waals surface area contributed by atoms with Crippen molar-refractivity contribution >= 4 is 5.91 Å². The lowest BCUT2D eigenvalue weighted by Gasteiger charge is -2.03. The van der Waals surface area contributed by atoms with Crippen molar-refractivity contribution < 1.29 is 4.79 Å². The first kappa shape index (κ1) is 10.8. The van der Waals surface area contributed by atoms with E-state index in [0.717, 1.165) is 13.0 Å². The molecule has 0 bridgehead atoms. The first-order chi connectivity index (χ1) is 6.83. The number of hydrogen-bond acceptors (Lipinski definition) is 2. The maximum Gasteiger partial charge on any atom is 0.221 e. The lowest BCUT2D eigenvalue weighted by molar-refractivity contribution is -0.120. The number of rotatable bonds is 6. The van der Waals surface area contributed by atoms with Crippen molar-refractivity contribution in [2.45, 2.75) is 12.8 Å². The highest BCUT2D eigenvalue weighted by Gasteiger charge is 1.99. The zero-order valence-corrected chi connectivity index (χ0v) is 8.47. The van der Waals surface area contributed by atoms with Gasteiger partial charge in [0.2, 0.25) is 5.91 Å². The molecule has 0 aliphatic carbocycles. The van der Waals surface area contributed by atoms with Crippen LogP contribution in [0, 0.1) is 0 Å². The van der Waals surface area contributed by atoms with Crippen LogP contribution in [0.1, 0.15) is 12.0 Å². The number of carbonyl (C=O) groups is 1. The summed E-state index contributed by atoms with van der Waals surface area (Å²) >= 11 is 0. The lowest BCUT2D eigenvalue weighted by atomic mass is 10.2. The van der Waals surface area contributed by atoms with Gasteiger partial charge in [-0.25, -0.2) is 0 Å². The molecule has 1 rings (SSSR count). The average molecular weight is 195 g/mol. The van der Waals surface area contributed by atoms with Crippen molar-refractivity contribution in [3.63, 3.8) is 0 Å². The zero-order valence-electron chi connectivity index (χ0n) is 8.47. The van der Waals surface area contributed by atoms with E-state index in [0.29, 0.717) is 13.0 Å². The monoisotopic (exact) mass is 195 g/mol. The van der Waals surface area contributed by atoms with Crippen molar-refractivity contribution in [1.82, 2.24) is 15.6 Å². The van der Waals surface area contributed by atoms with Gasteiger partial charge >= 0.3 is 0 Å². The van der Waals surface area contributed by atoms with Crippen LogP contribution in [-0.4, -0.2) is 31.0 Å². The topological polar surface area (TPSA) is 56.9 Å². The van der Waals surface area contributed by atoms with E-state index in [1.807, 2.05) is 25.5 Å².